The Morgan fingerprint density at radius 1 is 0.739 bits per heavy atom. The van der Waals surface area contributed by atoms with E-state index in [0.717, 1.165) is 19.3 Å². The summed E-state index contributed by atoms with van der Waals surface area (Å²) in [5.74, 6) is 0.465. The summed E-state index contributed by atoms with van der Waals surface area (Å²) in [6.07, 6.45) is 36.3. The van der Waals surface area contributed by atoms with E-state index in [9.17, 15) is 0 Å². The Hall–Kier alpha value is -3.40. The summed E-state index contributed by atoms with van der Waals surface area (Å²) >= 11 is 4.29. The monoisotopic (exact) mass is 633 g/mol. The zero-order chi connectivity index (χ0) is 30.2. The Kier molecular flexibility index (Phi) is 6.68. The highest BCUT2D eigenvalue weighted by Crippen LogP contribution is 2.55. The first-order chi connectivity index (χ1) is 22.8. The first-order valence-electron chi connectivity index (χ1n) is 17.4. The number of allylic oxidation sites excluding steroid dienone is 9. The largest absolute Gasteiger partial charge is 0.359 e. The van der Waals surface area contributed by atoms with Gasteiger partial charge in [0.25, 0.3) is 0 Å². The normalized spacial score (nSPS) is 28.3. The van der Waals surface area contributed by atoms with Gasteiger partial charge in [-0.1, -0.05) is 91.1 Å². The summed E-state index contributed by atoms with van der Waals surface area (Å²) in [5, 5.41) is 3.79. The molecule has 5 aliphatic carbocycles. The molecule has 46 heavy (non-hydrogen) atoms. The molecule has 0 radical (unpaired) electrons. The van der Waals surface area contributed by atoms with Crippen LogP contribution >= 0.6 is 23.5 Å². The van der Waals surface area contributed by atoms with Gasteiger partial charge in [-0.05, 0) is 124 Å². The Bertz CT molecular complexity index is 2000. The molecule has 0 N–H and O–H groups in total. The van der Waals surface area contributed by atoms with Gasteiger partial charge in [-0.25, -0.2) is 0 Å². The van der Waals surface area contributed by atoms with Gasteiger partial charge in [-0.15, -0.1) is 23.5 Å². The molecular formula is C43H39NS2. The van der Waals surface area contributed by atoms with Gasteiger partial charge in [0, 0.05) is 27.8 Å². The molecule has 2 heterocycles. The molecule has 0 spiro atoms. The first-order valence-corrected chi connectivity index (χ1v) is 19.2. The molecule has 7 aliphatic rings. The minimum absolute atomic E-state index is 0.299. The lowest BCUT2D eigenvalue weighted by atomic mass is 9.80. The van der Waals surface area contributed by atoms with Crippen LogP contribution in [0.1, 0.15) is 72.3 Å². The van der Waals surface area contributed by atoms with E-state index in [0.29, 0.717) is 28.5 Å². The van der Waals surface area contributed by atoms with Crippen molar-refractivity contribution in [3.63, 3.8) is 0 Å². The number of nitrogens with zero attached hydrogens (tertiary/aromatic N) is 1. The Morgan fingerprint density at radius 3 is 2.46 bits per heavy atom. The average molecular weight is 634 g/mol. The highest BCUT2D eigenvalue weighted by Gasteiger charge is 2.46. The zero-order valence-electron chi connectivity index (χ0n) is 26.2. The molecule has 3 aromatic rings. The third-order valence-electron chi connectivity index (χ3n) is 11.4. The van der Waals surface area contributed by atoms with Gasteiger partial charge in [-0.2, -0.15) is 0 Å². The van der Waals surface area contributed by atoms with E-state index in [2.05, 4.69) is 138 Å². The van der Waals surface area contributed by atoms with E-state index < -0.39 is 0 Å². The maximum absolute atomic E-state index is 2.89. The van der Waals surface area contributed by atoms with E-state index in [1.54, 1.807) is 21.6 Å². The molecule has 3 heteroatoms. The topological polar surface area (TPSA) is 3.24 Å². The van der Waals surface area contributed by atoms with E-state index in [1.165, 1.54) is 75.7 Å². The summed E-state index contributed by atoms with van der Waals surface area (Å²) in [5.41, 5.74) is 12.1. The van der Waals surface area contributed by atoms with Crippen LogP contribution < -0.4 is 4.90 Å². The maximum atomic E-state index is 2.89. The lowest BCUT2D eigenvalue weighted by Gasteiger charge is -2.46. The lowest BCUT2D eigenvalue weighted by Crippen LogP contribution is -2.53. The average Bonchev–Trinajstić information content (AvgIpc) is 3.58. The summed E-state index contributed by atoms with van der Waals surface area (Å²) in [7, 11) is 0. The standard InChI is InChI=1S/C43H39NS2/c1-2-16-33-35-18-10-20-38(42(35)45-40(33)22-3-1)44(39-21-11-19-36-34-17-8-9-23-41(34)46-43(36)39)27-24-25-32-30-14-5-4-12-28(30)29-13-6-7-15-31(29)37(32)26-27/h2,5,7-11,14-20,23-26,36,38-39,42-43H,1,3-4,6,12-13,21-22H2. The van der Waals surface area contributed by atoms with Crippen LogP contribution in [0.25, 0.3) is 22.9 Å². The van der Waals surface area contributed by atoms with Crippen molar-refractivity contribution >= 4 is 52.1 Å². The molecular weight excluding hydrogens is 595 g/mol. The van der Waals surface area contributed by atoms with E-state index in [-0.39, 0.29) is 0 Å². The van der Waals surface area contributed by atoms with E-state index in [4.69, 9.17) is 0 Å². The van der Waals surface area contributed by atoms with Crippen LogP contribution in [-0.4, -0.2) is 22.6 Å². The fourth-order valence-electron chi connectivity index (χ4n) is 9.37. The quantitative estimate of drug-likeness (QED) is 0.264. The second kappa shape index (κ2) is 11.1. The minimum atomic E-state index is 0.299. The molecule has 0 saturated carbocycles. The molecule has 228 valence electrons. The second-order valence-electron chi connectivity index (χ2n) is 13.8. The van der Waals surface area contributed by atoms with Gasteiger partial charge in [0.15, 0.2) is 0 Å². The summed E-state index contributed by atoms with van der Waals surface area (Å²) in [6, 6.07) is 17.4. The van der Waals surface area contributed by atoms with Gasteiger partial charge in [-0.3, -0.25) is 0 Å². The van der Waals surface area contributed by atoms with Crippen molar-refractivity contribution in [2.24, 2.45) is 0 Å². The van der Waals surface area contributed by atoms with Crippen LogP contribution in [0, 0.1) is 0 Å². The SMILES string of the molecule is C1=CC(N(c2ccc3c4c(c5c(c3c2)C=CCC5)CCC=C4)C2CC=CC3c4ccccc4SC32)C2SC3=C(C=CCCC3)C2=C1. The smallest absolute Gasteiger partial charge is 0.0643 e. The summed E-state index contributed by atoms with van der Waals surface area (Å²) < 4.78 is 0. The molecule has 1 nitrogen and oxygen atoms in total. The predicted molar refractivity (Wildman–Crippen MR) is 200 cm³/mol. The highest BCUT2D eigenvalue weighted by molar-refractivity contribution is 8.04. The Balaban J connectivity index is 1.14. The van der Waals surface area contributed by atoms with Gasteiger partial charge in [0.05, 0.1) is 11.3 Å². The molecule has 5 unspecified atom stereocenters. The molecule has 3 aromatic carbocycles. The third-order valence-corrected chi connectivity index (χ3v) is 14.4. The second-order valence-corrected chi connectivity index (χ2v) is 16.3. The third kappa shape index (κ3) is 4.24. The fraction of sp³-hybridized carbons (Fsp3) is 0.302. The van der Waals surface area contributed by atoms with Crippen molar-refractivity contribution in [2.45, 2.75) is 84.8 Å². The molecule has 5 atom stereocenters. The number of benzene rings is 3. The van der Waals surface area contributed by atoms with E-state index >= 15 is 0 Å². The molecule has 0 bridgehead atoms. The van der Waals surface area contributed by atoms with Crippen molar-refractivity contribution in [3.8, 4) is 0 Å². The summed E-state index contributed by atoms with van der Waals surface area (Å²) in [6.45, 7) is 0. The van der Waals surface area contributed by atoms with Gasteiger partial charge in [0.1, 0.15) is 0 Å². The number of hydrogen-bond acceptors (Lipinski definition) is 3. The van der Waals surface area contributed by atoms with Crippen LogP contribution in [0.5, 0.6) is 0 Å². The number of hydrogen-bond donors (Lipinski definition) is 0. The summed E-state index contributed by atoms with van der Waals surface area (Å²) in [4.78, 5) is 5.97. The Morgan fingerprint density at radius 2 is 1.57 bits per heavy atom. The van der Waals surface area contributed by atoms with Crippen molar-refractivity contribution in [3.05, 3.63) is 141 Å². The molecule has 0 fully saturated rings. The minimum Gasteiger partial charge on any atom is -0.359 e. The van der Waals surface area contributed by atoms with Crippen molar-refractivity contribution in [1.82, 2.24) is 0 Å². The van der Waals surface area contributed by atoms with Crippen molar-refractivity contribution in [1.29, 1.82) is 0 Å². The molecule has 10 rings (SSSR count). The number of anilines is 1. The van der Waals surface area contributed by atoms with Crippen LogP contribution in [0.4, 0.5) is 5.69 Å². The first kappa shape index (κ1) is 27.7. The van der Waals surface area contributed by atoms with Gasteiger partial charge in [0.2, 0.25) is 0 Å². The maximum Gasteiger partial charge on any atom is 0.0643 e. The van der Waals surface area contributed by atoms with E-state index in [1.807, 2.05) is 0 Å². The van der Waals surface area contributed by atoms with Crippen molar-refractivity contribution in [2.75, 3.05) is 4.90 Å². The number of rotatable bonds is 3. The van der Waals surface area contributed by atoms with Crippen LogP contribution in [-0.2, 0) is 12.8 Å². The highest BCUT2D eigenvalue weighted by atomic mass is 32.2. The zero-order valence-corrected chi connectivity index (χ0v) is 27.8. The fourth-order valence-corrected chi connectivity index (χ4v) is 12.5. The predicted octanol–water partition coefficient (Wildman–Crippen LogP) is 11.1. The Labute approximate surface area is 281 Å². The van der Waals surface area contributed by atoms with Crippen LogP contribution in [0.2, 0.25) is 0 Å². The number of fused-ring (bicyclic) bond motifs is 11. The van der Waals surface area contributed by atoms with Crippen LogP contribution in [0.15, 0.2) is 118 Å². The lowest BCUT2D eigenvalue weighted by molar-refractivity contribution is 0.501. The molecule has 2 aliphatic heterocycles. The van der Waals surface area contributed by atoms with Gasteiger partial charge < -0.3 is 4.90 Å². The molecule has 0 aromatic heterocycles. The molecule has 0 amide bonds. The number of thioether (sulfide) groups is 2. The van der Waals surface area contributed by atoms with Crippen LogP contribution in [0.3, 0.4) is 0 Å². The molecule has 0 saturated heterocycles. The van der Waals surface area contributed by atoms with Crippen molar-refractivity contribution < 1.29 is 0 Å². The van der Waals surface area contributed by atoms with Gasteiger partial charge >= 0.3 is 0 Å².